The first-order chi connectivity index (χ1) is 12.0. The molecule has 25 heavy (non-hydrogen) atoms. The molecule has 134 valence electrons. The zero-order valence-electron chi connectivity index (χ0n) is 14.0. The zero-order chi connectivity index (χ0) is 17.9. The topological polar surface area (TPSA) is 21.7 Å². The summed E-state index contributed by atoms with van der Waals surface area (Å²) < 4.78 is 49.6. The summed E-state index contributed by atoms with van der Waals surface area (Å²) in [6, 6.07) is 10.4. The van der Waals surface area contributed by atoms with Crippen molar-refractivity contribution < 1.29 is 22.6 Å². The van der Waals surface area contributed by atoms with E-state index in [0.29, 0.717) is 11.5 Å². The summed E-state index contributed by atoms with van der Waals surface area (Å²) >= 11 is 0. The molecule has 2 aromatic carbocycles. The molecule has 0 bridgehead atoms. The largest absolute Gasteiger partial charge is 0.493 e. The first-order valence-corrected chi connectivity index (χ1v) is 8.20. The van der Waals surface area contributed by atoms with Crippen LogP contribution < -0.4 is 9.47 Å². The molecule has 3 rings (SSSR count). The number of halogens is 3. The second-order valence-electron chi connectivity index (χ2n) is 6.10. The van der Waals surface area contributed by atoms with Crippen molar-refractivity contribution in [1.29, 1.82) is 0 Å². The van der Waals surface area contributed by atoms with E-state index in [1.807, 2.05) is 12.1 Å². The summed E-state index contributed by atoms with van der Waals surface area (Å²) in [5.74, 6) is 1.03. The van der Waals surface area contributed by atoms with Gasteiger partial charge in [-0.05, 0) is 61.8 Å². The third-order valence-electron chi connectivity index (χ3n) is 4.22. The highest BCUT2D eigenvalue weighted by Crippen LogP contribution is 2.36. The lowest BCUT2D eigenvalue weighted by molar-refractivity contribution is -0.137. The molecule has 1 heterocycles. The molecule has 0 amide bonds. The van der Waals surface area contributed by atoms with E-state index in [4.69, 9.17) is 9.47 Å². The van der Waals surface area contributed by atoms with Gasteiger partial charge in [-0.25, -0.2) is 0 Å². The van der Waals surface area contributed by atoms with Crippen molar-refractivity contribution in [3.05, 3.63) is 53.6 Å². The lowest BCUT2D eigenvalue weighted by Gasteiger charge is -2.17. The van der Waals surface area contributed by atoms with E-state index >= 15 is 0 Å². The lowest BCUT2D eigenvalue weighted by atomic mass is 10.2. The highest BCUT2D eigenvalue weighted by molar-refractivity contribution is 5.46. The fourth-order valence-electron chi connectivity index (χ4n) is 2.96. The van der Waals surface area contributed by atoms with Crippen LogP contribution in [0.15, 0.2) is 42.5 Å². The summed E-state index contributed by atoms with van der Waals surface area (Å²) in [5, 5.41) is 0. The molecule has 0 saturated carbocycles. The molecule has 3 nitrogen and oxygen atoms in total. The summed E-state index contributed by atoms with van der Waals surface area (Å²) in [5.41, 5.74) is 0.307. The summed E-state index contributed by atoms with van der Waals surface area (Å²) in [4.78, 5) is 2.34. The van der Waals surface area contributed by atoms with Crippen LogP contribution in [0.5, 0.6) is 17.2 Å². The fourth-order valence-corrected chi connectivity index (χ4v) is 2.96. The lowest BCUT2D eigenvalue weighted by Crippen LogP contribution is -2.18. The van der Waals surface area contributed by atoms with Gasteiger partial charge in [0.1, 0.15) is 5.75 Å². The van der Waals surface area contributed by atoms with Crippen molar-refractivity contribution in [3.63, 3.8) is 0 Å². The van der Waals surface area contributed by atoms with Crippen LogP contribution in [-0.2, 0) is 12.7 Å². The molecule has 1 fully saturated rings. The standard InChI is InChI=1S/C19H20F3NO2/c1-24-17-8-7-14(13-23-9-2-3-10-23)11-18(17)25-16-6-4-5-15(12-16)19(20,21)22/h4-8,11-12H,2-3,9-10,13H2,1H3. The third kappa shape index (κ3) is 4.45. The molecule has 0 radical (unpaired) electrons. The number of likely N-dealkylation sites (tertiary alicyclic amines) is 1. The van der Waals surface area contributed by atoms with Crippen molar-refractivity contribution in [2.24, 2.45) is 0 Å². The number of ether oxygens (including phenoxy) is 2. The van der Waals surface area contributed by atoms with Gasteiger partial charge in [-0.3, -0.25) is 4.90 Å². The quantitative estimate of drug-likeness (QED) is 0.748. The van der Waals surface area contributed by atoms with Crippen LogP contribution in [-0.4, -0.2) is 25.1 Å². The van der Waals surface area contributed by atoms with Crippen LogP contribution in [0.3, 0.4) is 0 Å². The molecule has 1 aliphatic rings. The van der Waals surface area contributed by atoms with Crippen molar-refractivity contribution in [2.45, 2.75) is 25.6 Å². The maximum Gasteiger partial charge on any atom is 0.416 e. The maximum absolute atomic E-state index is 12.9. The third-order valence-corrected chi connectivity index (χ3v) is 4.22. The molecule has 0 unspecified atom stereocenters. The molecule has 0 atom stereocenters. The van der Waals surface area contributed by atoms with Gasteiger partial charge in [-0.15, -0.1) is 0 Å². The Labute approximate surface area is 145 Å². The Morgan fingerprint density at radius 3 is 2.44 bits per heavy atom. The van der Waals surface area contributed by atoms with Crippen LogP contribution in [0.4, 0.5) is 13.2 Å². The Kier molecular flexibility index (Phi) is 5.18. The normalized spacial score (nSPS) is 15.4. The van der Waals surface area contributed by atoms with Gasteiger partial charge < -0.3 is 9.47 Å². The van der Waals surface area contributed by atoms with Crippen LogP contribution in [0.1, 0.15) is 24.0 Å². The molecule has 1 saturated heterocycles. The molecular weight excluding hydrogens is 331 g/mol. The van der Waals surface area contributed by atoms with Gasteiger partial charge in [0.25, 0.3) is 0 Å². The van der Waals surface area contributed by atoms with Gasteiger partial charge in [0, 0.05) is 6.54 Å². The Hall–Kier alpha value is -2.21. The number of rotatable bonds is 5. The Morgan fingerprint density at radius 2 is 1.76 bits per heavy atom. The number of alkyl halides is 3. The number of methoxy groups -OCH3 is 1. The first kappa shape index (κ1) is 17.6. The second-order valence-corrected chi connectivity index (χ2v) is 6.10. The molecule has 6 heteroatoms. The van der Waals surface area contributed by atoms with Crippen LogP contribution in [0, 0.1) is 0 Å². The van der Waals surface area contributed by atoms with E-state index in [0.717, 1.165) is 37.3 Å². The van der Waals surface area contributed by atoms with Crippen LogP contribution in [0.25, 0.3) is 0 Å². The first-order valence-electron chi connectivity index (χ1n) is 8.20. The summed E-state index contributed by atoms with van der Waals surface area (Å²) in [6.45, 7) is 2.93. The van der Waals surface area contributed by atoms with Gasteiger partial charge in [0.15, 0.2) is 11.5 Å². The molecule has 0 aliphatic carbocycles. The van der Waals surface area contributed by atoms with Crippen molar-refractivity contribution in [2.75, 3.05) is 20.2 Å². The monoisotopic (exact) mass is 351 g/mol. The van der Waals surface area contributed by atoms with Gasteiger partial charge in [-0.2, -0.15) is 13.2 Å². The predicted molar refractivity (Wildman–Crippen MR) is 89.0 cm³/mol. The zero-order valence-corrected chi connectivity index (χ0v) is 14.0. The van der Waals surface area contributed by atoms with Crippen LogP contribution in [0.2, 0.25) is 0 Å². The average molecular weight is 351 g/mol. The Balaban J connectivity index is 1.82. The van der Waals surface area contributed by atoms with E-state index in [1.165, 1.54) is 32.1 Å². The van der Waals surface area contributed by atoms with Gasteiger partial charge in [0.05, 0.1) is 12.7 Å². The summed E-state index contributed by atoms with van der Waals surface area (Å²) in [6.07, 6.45) is -2.01. The van der Waals surface area contributed by atoms with Crippen molar-refractivity contribution in [1.82, 2.24) is 4.90 Å². The Morgan fingerprint density at radius 1 is 1.00 bits per heavy atom. The molecule has 2 aromatic rings. The van der Waals surface area contributed by atoms with Gasteiger partial charge >= 0.3 is 6.18 Å². The number of nitrogens with zero attached hydrogens (tertiary/aromatic N) is 1. The van der Waals surface area contributed by atoms with Crippen LogP contribution >= 0.6 is 0 Å². The smallest absolute Gasteiger partial charge is 0.416 e. The molecule has 0 spiro atoms. The average Bonchev–Trinajstić information content (AvgIpc) is 3.08. The molecule has 1 aliphatic heterocycles. The van der Waals surface area contributed by atoms with Crippen molar-refractivity contribution >= 4 is 0 Å². The molecule has 0 aromatic heterocycles. The van der Waals surface area contributed by atoms with E-state index in [-0.39, 0.29) is 5.75 Å². The minimum absolute atomic E-state index is 0.131. The number of benzene rings is 2. The van der Waals surface area contributed by atoms with Gasteiger partial charge in [-0.1, -0.05) is 12.1 Å². The highest BCUT2D eigenvalue weighted by Gasteiger charge is 2.30. The molecular formula is C19H20F3NO2. The number of hydrogen-bond acceptors (Lipinski definition) is 3. The Bertz CT molecular complexity index is 725. The second kappa shape index (κ2) is 7.35. The SMILES string of the molecule is COc1ccc(CN2CCCC2)cc1Oc1cccc(C(F)(F)F)c1. The van der Waals surface area contributed by atoms with E-state index in [9.17, 15) is 13.2 Å². The number of hydrogen-bond donors (Lipinski definition) is 0. The minimum atomic E-state index is -4.40. The molecule has 0 N–H and O–H groups in total. The highest BCUT2D eigenvalue weighted by atomic mass is 19.4. The van der Waals surface area contributed by atoms with Crippen molar-refractivity contribution in [3.8, 4) is 17.2 Å². The maximum atomic E-state index is 12.9. The fraction of sp³-hybridized carbons (Fsp3) is 0.368. The van der Waals surface area contributed by atoms with Gasteiger partial charge in [0.2, 0.25) is 0 Å². The minimum Gasteiger partial charge on any atom is -0.493 e. The summed E-state index contributed by atoms with van der Waals surface area (Å²) in [7, 11) is 1.51. The van der Waals surface area contributed by atoms with E-state index in [2.05, 4.69) is 4.90 Å². The predicted octanol–water partition coefficient (Wildman–Crippen LogP) is 5.10. The van der Waals surface area contributed by atoms with E-state index in [1.54, 1.807) is 6.07 Å². The van der Waals surface area contributed by atoms with E-state index < -0.39 is 11.7 Å².